The van der Waals surface area contributed by atoms with Crippen LogP contribution in [0.3, 0.4) is 0 Å². The Labute approximate surface area is 159 Å². The van der Waals surface area contributed by atoms with Gasteiger partial charge in [0.1, 0.15) is 6.61 Å². The van der Waals surface area contributed by atoms with Gasteiger partial charge in [-0.25, -0.2) is 4.79 Å². The van der Waals surface area contributed by atoms with Crippen LogP contribution < -0.4 is 10.6 Å². The fourth-order valence-corrected chi connectivity index (χ4v) is 3.47. The first-order chi connectivity index (χ1) is 12.6. The maximum atomic E-state index is 11.9. The van der Waals surface area contributed by atoms with Crippen molar-refractivity contribution in [3.8, 4) is 0 Å². The van der Waals surface area contributed by atoms with Crippen LogP contribution in [0.2, 0.25) is 5.02 Å². The first-order valence-corrected chi connectivity index (χ1v) is 9.44. The third kappa shape index (κ3) is 5.48. The predicted molar refractivity (Wildman–Crippen MR) is 104 cm³/mol. The number of rotatable bonds is 7. The standard InChI is InChI=1S/C21H25ClN2O2/c1-15(11-17-9-5-6-10-20(17)22)23-18-12-19(13-18)24-21(25)26-14-16-7-3-2-4-8-16/h2-10,15,18-19,23H,11-14H2,1H3,(H,24,25). The number of carbonyl (C=O) groups is 1. The Bertz CT molecular complexity index is 717. The van der Waals surface area contributed by atoms with Crippen molar-refractivity contribution in [2.24, 2.45) is 0 Å². The highest BCUT2D eigenvalue weighted by Gasteiger charge is 2.31. The summed E-state index contributed by atoms with van der Waals surface area (Å²) < 4.78 is 5.26. The molecule has 1 fully saturated rings. The van der Waals surface area contributed by atoms with Crippen molar-refractivity contribution in [3.63, 3.8) is 0 Å². The van der Waals surface area contributed by atoms with Crippen LogP contribution in [0, 0.1) is 0 Å². The lowest BCUT2D eigenvalue weighted by molar-refractivity contribution is 0.124. The second kappa shape index (κ2) is 9.06. The number of nitrogens with one attached hydrogen (secondary N) is 2. The van der Waals surface area contributed by atoms with Gasteiger partial charge < -0.3 is 15.4 Å². The van der Waals surface area contributed by atoms with Crippen LogP contribution in [0.5, 0.6) is 0 Å². The molecule has 0 heterocycles. The van der Waals surface area contributed by atoms with E-state index in [1.54, 1.807) is 0 Å². The van der Waals surface area contributed by atoms with Gasteiger partial charge >= 0.3 is 6.09 Å². The van der Waals surface area contributed by atoms with Crippen molar-refractivity contribution in [3.05, 3.63) is 70.7 Å². The predicted octanol–water partition coefficient (Wildman–Crippen LogP) is 4.32. The molecule has 1 aliphatic carbocycles. The highest BCUT2D eigenvalue weighted by atomic mass is 35.5. The van der Waals surface area contributed by atoms with Gasteiger partial charge in [-0.15, -0.1) is 0 Å². The van der Waals surface area contributed by atoms with E-state index in [9.17, 15) is 4.79 Å². The van der Waals surface area contributed by atoms with E-state index in [1.165, 1.54) is 0 Å². The monoisotopic (exact) mass is 372 g/mol. The van der Waals surface area contributed by atoms with Gasteiger partial charge in [-0.05, 0) is 43.4 Å². The van der Waals surface area contributed by atoms with Crippen molar-refractivity contribution in [2.75, 3.05) is 0 Å². The molecule has 1 aliphatic rings. The molecule has 0 aromatic heterocycles. The number of amides is 1. The highest BCUT2D eigenvalue weighted by molar-refractivity contribution is 6.31. The van der Waals surface area contributed by atoms with Crippen LogP contribution in [0.25, 0.3) is 0 Å². The zero-order chi connectivity index (χ0) is 18.4. The number of benzene rings is 2. The Morgan fingerprint density at radius 3 is 2.54 bits per heavy atom. The topological polar surface area (TPSA) is 50.4 Å². The van der Waals surface area contributed by atoms with E-state index in [1.807, 2.05) is 48.5 Å². The lowest BCUT2D eigenvalue weighted by Gasteiger charge is -2.38. The molecule has 0 radical (unpaired) electrons. The first-order valence-electron chi connectivity index (χ1n) is 9.07. The molecular weight excluding hydrogens is 348 g/mol. The molecule has 0 spiro atoms. The van der Waals surface area contributed by atoms with Crippen LogP contribution in [0.1, 0.15) is 30.9 Å². The third-order valence-electron chi connectivity index (χ3n) is 4.68. The lowest BCUT2D eigenvalue weighted by Crippen LogP contribution is -2.54. The number of hydrogen-bond donors (Lipinski definition) is 2. The van der Waals surface area contributed by atoms with Crippen molar-refractivity contribution in [2.45, 2.75) is 50.9 Å². The molecule has 138 valence electrons. The van der Waals surface area contributed by atoms with E-state index in [4.69, 9.17) is 16.3 Å². The molecule has 1 saturated carbocycles. The molecule has 3 rings (SSSR count). The normalized spacial score (nSPS) is 20.1. The SMILES string of the molecule is CC(Cc1ccccc1Cl)NC1CC(NC(=O)OCc2ccccc2)C1. The third-order valence-corrected chi connectivity index (χ3v) is 5.05. The lowest BCUT2D eigenvalue weighted by atomic mass is 9.86. The van der Waals surface area contributed by atoms with Crippen LogP contribution in [0.15, 0.2) is 54.6 Å². The summed E-state index contributed by atoms with van der Waals surface area (Å²) in [5, 5.41) is 7.34. The van der Waals surface area contributed by atoms with Crippen molar-refractivity contribution >= 4 is 17.7 Å². The second-order valence-electron chi connectivity index (χ2n) is 6.93. The van der Waals surface area contributed by atoms with E-state index in [0.29, 0.717) is 18.7 Å². The maximum absolute atomic E-state index is 11.9. The minimum atomic E-state index is -0.346. The molecule has 1 amide bonds. The van der Waals surface area contributed by atoms with Crippen LogP contribution >= 0.6 is 11.6 Å². The van der Waals surface area contributed by atoms with Gasteiger partial charge in [0.25, 0.3) is 0 Å². The molecule has 4 nitrogen and oxygen atoms in total. The van der Waals surface area contributed by atoms with Gasteiger partial charge in [0.05, 0.1) is 0 Å². The Morgan fingerprint density at radius 2 is 1.81 bits per heavy atom. The molecular formula is C21H25ClN2O2. The fraction of sp³-hybridized carbons (Fsp3) is 0.381. The molecule has 2 aromatic carbocycles. The van der Waals surface area contributed by atoms with Crippen LogP contribution in [-0.4, -0.2) is 24.2 Å². The fourth-order valence-electron chi connectivity index (χ4n) is 3.26. The summed E-state index contributed by atoms with van der Waals surface area (Å²) >= 11 is 6.22. The van der Waals surface area contributed by atoms with E-state index >= 15 is 0 Å². The molecule has 5 heteroatoms. The first kappa shape index (κ1) is 18.7. The Morgan fingerprint density at radius 1 is 1.12 bits per heavy atom. The molecule has 0 saturated heterocycles. The molecule has 1 atom stereocenters. The van der Waals surface area contributed by atoms with E-state index in [-0.39, 0.29) is 12.1 Å². The number of carbonyl (C=O) groups excluding carboxylic acids is 1. The van der Waals surface area contributed by atoms with Gasteiger partial charge in [0.2, 0.25) is 0 Å². The molecule has 0 bridgehead atoms. The maximum Gasteiger partial charge on any atom is 0.407 e. The Hall–Kier alpha value is -2.04. The summed E-state index contributed by atoms with van der Waals surface area (Å²) in [5.74, 6) is 0. The molecule has 1 unspecified atom stereocenters. The largest absolute Gasteiger partial charge is 0.445 e. The Balaban J connectivity index is 1.32. The minimum Gasteiger partial charge on any atom is -0.445 e. The summed E-state index contributed by atoms with van der Waals surface area (Å²) in [5.41, 5.74) is 2.15. The number of ether oxygens (including phenoxy) is 1. The van der Waals surface area contributed by atoms with Gasteiger partial charge in [0.15, 0.2) is 0 Å². The van der Waals surface area contributed by atoms with E-state index in [0.717, 1.165) is 35.4 Å². The van der Waals surface area contributed by atoms with Crippen molar-refractivity contribution < 1.29 is 9.53 Å². The smallest absolute Gasteiger partial charge is 0.407 e. The summed E-state index contributed by atoms with van der Waals surface area (Å²) in [6.45, 7) is 2.47. The minimum absolute atomic E-state index is 0.184. The number of hydrogen-bond acceptors (Lipinski definition) is 3. The number of halogens is 1. The van der Waals surface area contributed by atoms with Crippen molar-refractivity contribution in [1.29, 1.82) is 0 Å². The van der Waals surface area contributed by atoms with Crippen LogP contribution in [-0.2, 0) is 17.8 Å². The summed E-state index contributed by atoms with van der Waals surface area (Å²) in [6.07, 6.45) is 2.40. The molecule has 26 heavy (non-hydrogen) atoms. The van der Waals surface area contributed by atoms with Crippen LogP contribution in [0.4, 0.5) is 4.79 Å². The van der Waals surface area contributed by atoms with E-state index < -0.39 is 0 Å². The van der Waals surface area contributed by atoms with E-state index in [2.05, 4.69) is 23.6 Å². The summed E-state index contributed by atoms with van der Waals surface area (Å²) in [7, 11) is 0. The summed E-state index contributed by atoms with van der Waals surface area (Å²) in [6, 6.07) is 18.6. The van der Waals surface area contributed by atoms with Crippen molar-refractivity contribution in [1.82, 2.24) is 10.6 Å². The molecule has 2 aromatic rings. The average Bonchev–Trinajstić information content (AvgIpc) is 2.61. The highest BCUT2D eigenvalue weighted by Crippen LogP contribution is 2.22. The van der Waals surface area contributed by atoms with Gasteiger partial charge in [0, 0.05) is 23.1 Å². The molecule has 0 aliphatic heterocycles. The quantitative estimate of drug-likeness (QED) is 0.761. The zero-order valence-corrected chi connectivity index (χ0v) is 15.7. The Kier molecular flexibility index (Phi) is 6.53. The zero-order valence-electron chi connectivity index (χ0n) is 15.0. The number of alkyl carbamates (subject to hydrolysis) is 1. The molecule has 2 N–H and O–H groups in total. The van der Waals surface area contributed by atoms with Gasteiger partial charge in [-0.2, -0.15) is 0 Å². The van der Waals surface area contributed by atoms with Gasteiger partial charge in [-0.3, -0.25) is 0 Å². The summed E-state index contributed by atoms with van der Waals surface area (Å²) in [4.78, 5) is 11.9. The van der Waals surface area contributed by atoms with Gasteiger partial charge in [-0.1, -0.05) is 60.1 Å². The second-order valence-corrected chi connectivity index (χ2v) is 7.34. The average molecular weight is 373 g/mol.